The predicted octanol–water partition coefficient (Wildman–Crippen LogP) is -0.165. The Kier molecular flexibility index (Phi) is 5.13. The van der Waals surface area contributed by atoms with Crippen LogP contribution in [0.3, 0.4) is 0 Å². The van der Waals surface area contributed by atoms with E-state index in [0.29, 0.717) is 0 Å². The normalized spacial score (nSPS) is 13.3. The van der Waals surface area contributed by atoms with E-state index in [4.69, 9.17) is 9.11 Å². The lowest BCUT2D eigenvalue weighted by molar-refractivity contribution is 0.284. The van der Waals surface area contributed by atoms with Crippen LogP contribution in [0.1, 0.15) is 5.56 Å². The highest BCUT2D eigenvalue weighted by molar-refractivity contribution is 7.91. The summed E-state index contributed by atoms with van der Waals surface area (Å²) in [6, 6.07) is 3.25. The standard InChI is InChI=1S/C9H12O9S3/c1-7-8(3-2-4-9(7)20(12,13)14)19(10,11)6-5-18-21(15,16)17/h2-4H,5-6H2,1H3,(H,12,13,14)(H,15,16,17). The van der Waals surface area contributed by atoms with Gasteiger partial charge in [0, 0.05) is 0 Å². The molecule has 0 spiro atoms. The lowest BCUT2D eigenvalue weighted by Crippen LogP contribution is -2.17. The zero-order valence-corrected chi connectivity index (χ0v) is 13.1. The third-order valence-corrected chi connectivity index (χ3v) is 5.71. The maximum Gasteiger partial charge on any atom is 0.397 e. The molecular weight excluding hydrogens is 348 g/mol. The van der Waals surface area contributed by atoms with Crippen LogP contribution in [0.2, 0.25) is 0 Å². The van der Waals surface area contributed by atoms with Gasteiger partial charge >= 0.3 is 10.4 Å². The Balaban J connectivity index is 3.16. The zero-order chi connectivity index (χ0) is 16.5. The van der Waals surface area contributed by atoms with Gasteiger partial charge in [-0.3, -0.25) is 9.11 Å². The van der Waals surface area contributed by atoms with Gasteiger partial charge < -0.3 is 0 Å². The van der Waals surface area contributed by atoms with Crippen molar-refractivity contribution in [2.45, 2.75) is 16.7 Å². The average Bonchev–Trinajstić information content (AvgIpc) is 2.25. The molecule has 0 aromatic heterocycles. The van der Waals surface area contributed by atoms with Gasteiger partial charge in [-0.1, -0.05) is 6.07 Å². The Morgan fingerprint density at radius 2 is 1.52 bits per heavy atom. The van der Waals surface area contributed by atoms with Crippen molar-refractivity contribution in [3.8, 4) is 0 Å². The van der Waals surface area contributed by atoms with E-state index in [2.05, 4.69) is 4.18 Å². The van der Waals surface area contributed by atoms with Crippen LogP contribution >= 0.6 is 0 Å². The van der Waals surface area contributed by atoms with Crippen molar-refractivity contribution in [3.05, 3.63) is 23.8 Å². The summed E-state index contributed by atoms with van der Waals surface area (Å²) in [5.41, 5.74) is -0.202. The van der Waals surface area contributed by atoms with E-state index in [1.807, 2.05) is 0 Å². The minimum Gasteiger partial charge on any atom is -0.282 e. The van der Waals surface area contributed by atoms with E-state index >= 15 is 0 Å². The lowest BCUT2D eigenvalue weighted by Gasteiger charge is -2.10. The quantitative estimate of drug-likeness (QED) is 0.659. The van der Waals surface area contributed by atoms with E-state index in [1.165, 1.54) is 6.92 Å². The van der Waals surface area contributed by atoms with Gasteiger partial charge in [-0.25, -0.2) is 12.6 Å². The second kappa shape index (κ2) is 5.98. The molecule has 0 bridgehead atoms. The molecule has 1 aromatic rings. The smallest absolute Gasteiger partial charge is 0.282 e. The van der Waals surface area contributed by atoms with Crippen LogP contribution in [0.5, 0.6) is 0 Å². The van der Waals surface area contributed by atoms with Crippen molar-refractivity contribution >= 4 is 30.4 Å². The maximum atomic E-state index is 12.0. The van der Waals surface area contributed by atoms with Gasteiger partial charge in [0.2, 0.25) is 0 Å². The van der Waals surface area contributed by atoms with Crippen molar-refractivity contribution in [2.75, 3.05) is 12.4 Å². The summed E-state index contributed by atoms with van der Waals surface area (Å²) in [5.74, 6) is -0.803. The average molecular weight is 360 g/mol. The van der Waals surface area contributed by atoms with Crippen LogP contribution in [0.15, 0.2) is 28.0 Å². The molecule has 0 radical (unpaired) electrons. The van der Waals surface area contributed by atoms with E-state index in [9.17, 15) is 25.3 Å². The van der Waals surface area contributed by atoms with Crippen LogP contribution in [0.25, 0.3) is 0 Å². The summed E-state index contributed by atoms with van der Waals surface area (Å²) in [7, 11) is -13.4. The largest absolute Gasteiger partial charge is 0.397 e. The predicted molar refractivity (Wildman–Crippen MR) is 70.5 cm³/mol. The van der Waals surface area contributed by atoms with Crippen LogP contribution < -0.4 is 0 Å². The van der Waals surface area contributed by atoms with Crippen molar-refractivity contribution in [1.29, 1.82) is 0 Å². The highest BCUT2D eigenvalue weighted by Gasteiger charge is 2.23. The minimum absolute atomic E-state index is 0.202. The number of benzene rings is 1. The minimum atomic E-state index is -4.77. The molecule has 2 N–H and O–H groups in total. The van der Waals surface area contributed by atoms with Crippen LogP contribution in [0.4, 0.5) is 0 Å². The van der Waals surface area contributed by atoms with Gasteiger partial charge in [0.25, 0.3) is 10.1 Å². The SMILES string of the molecule is Cc1c(S(=O)(=O)O)cccc1S(=O)(=O)CCOS(=O)(=O)O. The molecule has 0 atom stereocenters. The monoisotopic (exact) mass is 360 g/mol. The second-order valence-corrected chi connectivity index (χ2v) is 8.48. The fourth-order valence-corrected chi connectivity index (χ4v) is 4.17. The maximum absolute atomic E-state index is 12.0. The lowest BCUT2D eigenvalue weighted by atomic mass is 10.2. The first kappa shape index (κ1) is 18.0. The van der Waals surface area contributed by atoms with Gasteiger partial charge in [-0.2, -0.15) is 16.8 Å². The molecule has 0 unspecified atom stereocenters. The summed E-state index contributed by atoms with van der Waals surface area (Å²) in [6.07, 6.45) is 0. The van der Waals surface area contributed by atoms with Crippen molar-refractivity contribution < 1.29 is 38.5 Å². The van der Waals surface area contributed by atoms with E-state index in [0.717, 1.165) is 18.2 Å². The summed E-state index contributed by atoms with van der Waals surface area (Å²) >= 11 is 0. The van der Waals surface area contributed by atoms with Gasteiger partial charge in [-0.05, 0) is 24.6 Å². The number of hydrogen-bond acceptors (Lipinski definition) is 7. The van der Waals surface area contributed by atoms with Crippen LogP contribution in [-0.2, 0) is 34.5 Å². The van der Waals surface area contributed by atoms with Crippen molar-refractivity contribution in [1.82, 2.24) is 0 Å². The van der Waals surface area contributed by atoms with Crippen molar-refractivity contribution in [3.63, 3.8) is 0 Å². The fraction of sp³-hybridized carbons (Fsp3) is 0.333. The highest BCUT2D eigenvalue weighted by Crippen LogP contribution is 2.23. The van der Waals surface area contributed by atoms with E-state index in [-0.39, 0.29) is 5.56 Å². The number of rotatable bonds is 6. The molecule has 9 nitrogen and oxygen atoms in total. The molecule has 0 saturated carbocycles. The molecule has 0 aliphatic heterocycles. The summed E-state index contributed by atoms with van der Waals surface area (Å²) in [6.45, 7) is 0.344. The van der Waals surface area contributed by atoms with Gasteiger partial charge in [0.15, 0.2) is 9.84 Å². The molecule has 1 aromatic carbocycles. The summed E-state index contributed by atoms with van der Waals surface area (Å²) in [5, 5.41) is 0. The molecule has 0 saturated heterocycles. The number of hydrogen-bond donors (Lipinski definition) is 2. The van der Waals surface area contributed by atoms with E-state index in [1.54, 1.807) is 0 Å². The molecule has 1 rings (SSSR count). The summed E-state index contributed by atoms with van der Waals surface area (Å²) in [4.78, 5) is -0.962. The molecule has 0 heterocycles. The van der Waals surface area contributed by atoms with Gasteiger partial charge in [0.1, 0.15) is 0 Å². The second-order valence-electron chi connectivity index (χ2n) is 3.92. The molecule has 120 valence electrons. The third kappa shape index (κ3) is 5.01. The van der Waals surface area contributed by atoms with Crippen LogP contribution in [0, 0.1) is 6.92 Å². The first-order valence-electron chi connectivity index (χ1n) is 5.26. The first-order valence-corrected chi connectivity index (χ1v) is 9.72. The zero-order valence-electron chi connectivity index (χ0n) is 10.6. The van der Waals surface area contributed by atoms with Gasteiger partial charge in [0.05, 0.1) is 22.2 Å². The molecule has 0 amide bonds. The van der Waals surface area contributed by atoms with E-state index < -0.39 is 52.5 Å². The Morgan fingerprint density at radius 3 is 2.00 bits per heavy atom. The Morgan fingerprint density at radius 1 is 1.00 bits per heavy atom. The Bertz CT molecular complexity index is 834. The molecule has 12 heteroatoms. The van der Waals surface area contributed by atoms with Gasteiger partial charge in [-0.15, -0.1) is 0 Å². The van der Waals surface area contributed by atoms with Crippen LogP contribution in [-0.4, -0.2) is 46.7 Å². The van der Waals surface area contributed by atoms with Crippen molar-refractivity contribution in [2.24, 2.45) is 0 Å². The third-order valence-electron chi connectivity index (χ3n) is 2.43. The Hall–Kier alpha value is -1.05. The molecule has 0 aliphatic carbocycles. The Labute approximate surface area is 122 Å². The molecule has 21 heavy (non-hydrogen) atoms. The summed E-state index contributed by atoms with van der Waals surface area (Å²) < 4.78 is 88.1. The highest BCUT2D eigenvalue weighted by atomic mass is 32.3. The number of sulfone groups is 1. The molecule has 0 fully saturated rings. The first-order chi connectivity index (χ1) is 9.34. The molecule has 0 aliphatic rings. The molecular formula is C9H12O9S3. The topological polar surface area (TPSA) is 152 Å². The fourth-order valence-electron chi connectivity index (χ4n) is 1.57.